The smallest absolute Gasteiger partial charge is 0.309 e. The van der Waals surface area contributed by atoms with Gasteiger partial charge in [0.05, 0.1) is 11.6 Å². The van der Waals surface area contributed by atoms with Crippen LogP contribution in [-0.2, 0) is 16.4 Å². The molecule has 1 aromatic carbocycles. The van der Waals surface area contributed by atoms with Crippen molar-refractivity contribution in [3.63, 3.8) is 0 Å². The molecule has 3 rings (SSSR count). The Bertz CT molecular complexity index is 1130. The van der Waals surface area contributed by atoms with E-state index in [-0.39, 0.29) is 11.1 Å². The molecule has 1 saturated heterocycles. The van der Waals surface area contributed by atoms with Gasteiger partial charge >= 0.3 is 12.1 Å². The van der Waals surface area contributed by atoms with Gasteiger partial charge in [0.1, 0.15) is 0 Å². The van der Waals surface area contributed by atoms with Crippen LogP contribution in [0.2, 0.25) is 0 Å². The van der Waals surface area contributed by atoms with Gasteiger partial charge in [-0.2, -0.15) is 18.4 Å². The number of hydrogen-bond acceptors (Lipinski definition) is 5. The Hall–Kier alpha value is -2.42. The lowest BCUT2D eigenvalue weighted by atomic mass is 10.1. The maximum atomic E-state index is 13.1. The van der Waals surface area contributed by atoms with Crippen LogP contribution >= 0.6 is 0 Å². The lowest BCUT2D eigenvalue weighted by Crippen LogP contribution is -2.32. The van der Waals surface area contributed by atoms with Gasteiger partial charge in [0.15, 0.2) is 5.25 Å². The Kier molecular flexibility index (Phi) is 6.45. The minimum atomic E-state index is -5.06. The molecule has 11 heteroatoms. The Balaban J connectivity index is 2.12. The second-order valence-electron chi connectivity index (χ2n) is 7.82. The number of nitrogens with zero attached hydrogens (tertiary/aromatic N) is 4. The third-order valence-corrected chi connectivity index (χ3v) is 7.40. The number of halogens is 3. The van der Waals surface area contributed by atoms with Crippen molar-refractivity contribution in [2.24, 2.45) is 0 Å². The lowest BCUT2D eigenvalue weighted by Gasteiger charge is -2.20. The molecule has 1 aliphatic rings. The summed E-state index contributed by atoms with van der Waals surface area (Å²) in [5.41, 5.74) is 0.665. The molecule has 0 radical (unpaired) electrons. The van der Waals surface area contributed by atoms with Gasteiger partial charge in [-0.1, -0.05) is 6.07 Å². The minimum absolute atomic E-state index is 0.0232. The van der Waals surface area contributed by atoms with Crippen molar-refractivity contribution in [1.82, 2.24) is 13.8 Å². The van der Waals surface area contributed by atoms with Crippen molar-refractivity contribution in [3.05, 3.63) is 35.5 Å². The molecular weight excluding hydrogens is 433 g/mol. The fourth-order valence-corrected chi connectivity index (χ4v) is 5.42. The van der Waals surface area contributed by atoms with Gasteiger partial charge in [0, 0.05) is 31.2 Å². The van der Waals surface area contributed by atoms with Crippen LogP contribution in [0.1, 0.15) is 34.0 Å². The summed E-state index contributed by atoms with van der Waals surface area (Å²) >= 11 is 0. The van der Waals surface area contributed by atoms with Crippen LogP contribution in [0, 0.1) is 11.3 Å². The zero-order chi connectivity index (χ0) is 23.0. The van der Waals surface area contributed by atoms with Gasteiger partial charge in [0.2, 0.25) is 10.0 Å². The maximum absolute atomic E-state index is 13.1. The molecule has 1 atom stereocenters. The van der Waals surface area contributed by atoms with Gasteiger partial charge in [-0.15, -0.1) is 0 Å². The van der Waals surface area contributed by atoms with Crippen molar-refractivity contribution in [3.8, 4) is 6.07 Å². The van der Waals surface area contributed by atoms with Gasteiger partial charge < -0.3 is 4.90 Å². The first-order valence-corrected chi connectivity index (χ1v) is 11.3. The summed E-state index contributed by atoms with van der Waals surface area (Å²) in [4.78, 5) is 13.8. The second-order valence-corrected chi connectivity index (χ2v) is 9.84. The molecule has 0 N–H and O–H groups in total. The highest BCUT2D eigenvalue weighted by molar-refractivity contribution is 7.89. The van der Waals surface area contributed by atoms with Gasteiger partial charge in [0.25, 0.3) is 0 Å². The Labute approximate surface area is 178 Å². The van der Waals surface area contributed by atoms with Gasteiger partial charge in [-0.25, -0.2) is 12.7 Å². The van der Waals surface area contributed by atoms with E-state index >= 15 is 0 Å². The Morgan fingerprint density at radius 1 is 1.26 bits per heavy atom. The van der Waals surface area contributed by atoms with Crippen LogP contribution in [0.3, 0.4) is 0 Å². The minimum Gasteiger partial charge on any atom is -0.309 e. The van der Waals surface area contributed by atoms with E-state index in [1.165, 1.54) is 22.5 Å². The summed E-state index contributed by atoms with van der Waals surface area (Å²) in [6, 6.07) is 5.83. The van der Waals surface area contributed by atoms with E-state index in [9.17, 15) is 31.6 Å². The molecule has 1 unspecified atom stereocenters. The predicted molar refractivity (Wildman–Crippen MR) is 109 cm³/mol. The lowest BCUT2D eigenvalue weighted by molar-refractivity contribution is -0.0943. The number of benzene rings is 1. The number of alkyl halides is 3. The average molecular weight is 456 g/mol. The van der Waals surface area contributed by atoms with E-state index in [1.807, 2.05) is 11.0 Å². The molecule has 31 heavy (non-hydrogen) atoms. The number of likely N-dealkylation sites (N-methyl/N-ethyl adjacent to an activating group) is 1. The van der Waals surface area contributed by atoms with E-state index in [0.717, 1.165) is 6.20 Å². The zero-order valence-electron chi connectivity index (χ0n) is 17.2. The largest absolute Gasteiger partial charge is 0.472 e. The highest BCUT2D eigenvalue weighted by Crippen LogP contribution is 2.33. The van der Waals surface area contributed by atoms with Gasteiger partial charge in [-0.05, 0) is 56.6 Å². The maximum Gasteiger partial charge on any atom is 0.472 e. The molecule has 1 fully saturated rings. The number of carbonyl (C=O) groups is 1. The van der Waals surface area contributed by atoms with E-state index in [0.29, 0.717) is 54.4 Å². The van der Waals surface area contributed by atoms with Crippen LogP contribution in [0.5, 0.6) is 0 Å². The third kappa shape index (κ3) is 4.61. The molecule has 1 aliphatic heterocycles. The van der Waals surface area contributed by atoms with Crippen molar-refractivity contribution < 1.29 is 26.4 Å². The molecule has 0 aliphatic carbocycles. The number of rotatable bonds is 6. The fraction of sp³-hybridized carbons (Fsp3) is 0.500. The molecule has 168 valence electrons. The number of fused-ring (bicyclic) bond motifs is 1. The molecular formula is C20H23F3N4O3S. The number of carbonyl (C=O) groups excluding carboxylic acids is 1. The molecule has 1 aromatic heterocycles. The Morgan fingerprint density at radius 3 is 2.45 bits per heavy atom. The van der Waals surface area contributed by atoms with Crippen molar-refractivity contribution in [2.75, 3.05) is 33.7 Å². The highest BCUT2D eigenvalue weighted by atomic mass is 32.2. The number of hydrogen-bond donors (Lipinski definition) is 0. The SMILES string of the molecule is CN(C)CCc1cn(C(=O)C(F)(F)F)c2ccc(C(C#N)S(=O)(=O)N3CCCC3)cc12. The first-order chi connectivity index (χ1) is 14.5. The summed E-state index contributed by atoms with van der Waals surface area (Å²) in [6.07, 6.45) is -2.13. The standard InChI is InChI=1S/C20H23F3N4O3S/c1-25(2)10-7-15-13-27(19(28)20(21,22)23)17-6-5-14(11-16(15)17)18(12-24)31(29,30)26-8-3-4-9-26/h5-6,11,13,18H,3-4,7-10H2,1-2H3. The van der Waals surface area contributed by atoms with Crippen LogP contribution in [-0.4, -0.2) is 68.0 Å². The van der Waals surface area contributed by atoms with Crippen LogP contribution in [0.4, 0.5) is 13.2 Å². The van der Waals surface area contributed by atoms with Crippen LogP contribution in [0.15, 0.2) is 24.4 Å². The third-order valence-electron chi connectivity index (χ3n) is 5.34. The second kappa shape index (κ2) is 8.61. The molecule has 0 saturated carbocycles. The fourth-order valence-electron chi connectivity index (χ4n) is 3.73. The first kappa shape index (κ1) is 23.2. The summed E-state index contributed by atoms with van der Waals surface area (Å²) in [5.74, 6) is -2.03. The molecule has 0 spiro atoms. The monoisotopic (exact) mass is 456 g/mol. The predicted octanol–water partition coefficient (Wildman–Crippen LogP) is 2.94. The van der Waals surface area contributed by atoms with E-state index < -0.39 is 27.4 Å². The topological polar surface area (TPSA) is 86.4 Å². The summed E-state index contributed by atoms with van der Waals surface area (Å²) in [5, 5.41) is 8.48. The number of sulfonamides is 1. The Morgan fingerprint density at radius 2 is 1.90 bits per heavy atom. The summed E-state index contributed by atoms with van der Waals surface area (Å²) in [6.45, 7) is 1.19. The summed E-state index contributed by atoms with van der Waals surface area (Å²) in [7, 11) is -0.323. The molecule has 2 aromatic rings. The number of nitriles is 1. The van der Waals surface area contributed by atoms with E-state index in [1.54, 1.807) is 14.1 Å². The van der Waals surface area contributed by atoms with Crippen molar-refractivity contribution >= 4 is 26.8 Å². The van der Waals surface area contributed by atoms with Crippen molar-refractivity contribution in [1.29, 1.82) is 5.26 Å². The normalized spacial score (nSPS) is 16.7. The first-order valence-electron chi connectivity index (χ1n) is 9.75. The van der Waals surface area contributed by atoms with Crippen LogP contribution in [0.25, 0.3) is 10.9 Å². The highest BCUT2D eigenvalue weighted by Gasteiger charge is 2.41. The number of aromatic nitrogens is 1. The van der Waals surface area contributed by atoms with Crippen molar-refractivity contribution in [2.45, 2.75) is 30.7 Å². The van der Waals surface area contributed by atoms with Crippen LogP contribution < -0.4 is 0 Å². The molecule has 0 amide bonds. The van der Waals surface area contributed by atoms with Gasteiger partial charge in [-0.3, -0.25) is 9.36 Å². The quantitative estimate of drug-likeness (QED) is 0.667. The zero-order valence-corrected chi connectivity index (χ0v) is 18.0. The summed E-state index contributed by atoms with van der Waals surface area (Å²) < 4.78 is 66.9. The molecule has 0 bridgehead atoms. The van der Waals surface area contributed by atoms with E-state index in [4.69, 9.17) is 0 Å². The van der Waals surface area contributed by atoms with E-state index in [2.05, 4.69) is 0 Å². The molecule has 7 nitrogen and oxygen atoms in total. The average Bonchev–Trinajstić information content (AvgIpc) is 3.34. The molecule has 2 heterocycles.